The summed E-state index contributed by atoms with van der Waals surface area (Å²) in [6.07, 6.45) is 3.29. The van der Waals surface area contributed by atoms with E-state index in [9.17, 15) is 9.50 Å². The van der Waals surface area contributed by atoms with Gasteiger partial charge in [0, 0.05) is 49.5 Å². The van der Waals surface area contributed by atoms with Crippen LogP contribution >= 0.6 is 0 Å². The van der Waals surface area contributed by atoms with Crippen LogP contribution in [0, 0.1) is 5.82 Å². The first-order chi connectivity index (χ1) is 18.9. The Morgan fingerprint density at radius 1 is 1.08 bits per heavy atom. The number of fused-ring (bicyclic) bond motifs is 4. The van der Waals surface area contributed by atoms with Crippen LogP contribution < -0.4 is 15.0 Å². The highest BCUT2D eigenvalue weighted by molar-refractivity contribution is 5.99. The van der Waals surface area contributed by atoms with E-state index < -0.39 is 12.0 Å². The lowest BCUT2D eigenvalue weighted by atomic mass is 10.0. The van der Waals surface area contributed by atoms with Gasteiger partial charge in [-0.3, -0.25) is 9.88 Å². The van der Waals surface area contributed by atoms with E-state index in [4.69, 9.17) is 9.72 Å². The van der Waals surface area contributed by atoms with Gasteiger partial charge in [-0.1, -0.05) is 24.3 Å². The summed E-state index contributed by atoms with van der Waals surface area (Å²) in [7, 11) is 1.87. The number of anilines is 1. The van der Waals surface area contributed by atoms with Crippen molar-refractivity contribution < 1.29 is 18.6 Å². The summed E-state index contributed by atoms with van der Waals surface area (Å²) in [5, 5.41) is 16.0. The SMILES string of the molecule is CN1C[C@@H](F)C[C@H]1COc1nc(N2CC3CCC(C2)N3)c2cnc(-c3cc(O)cc4ccccc34)c(F)c2n1. The smallest absolute Gasteiger partial charge is 0.319 e. The van der Waals surface area contributed by atoms with Crippen LogP contribution in [0.15, 0.2) is 42.6 Å². The number of likely N-dealkylation sites (tertiary alicyclic amines) is 1. The highest BCUT2D eigenvalue weighted by Gasteiger charge is 2.35. The summed E-state index contributed by atoms with van der Waals surface area (Å²) in [6.45, 7) is 2.07. The molecule has 2 bridgehead atoms. The molecule has 3 aliphatic rings. The molecule has 3 fully saturated rings. The Morgan fingerprint density at radius 2 is 1.87 bits per heavy atom. The molecular formula is C29H30F2N6O2. The van der Waals surface area contributed by atoms with Crippen molar-refractivity contribution in [3.63, 3.8) is 0 Å². The minimum absolute atomic E-state index is 0.0283. The normalized spacial score (nSPS) is 25.2. The summed E-state index contributed by atoms with van der Waals surface area (Å²) < 4.78 is 36.3. The van der Waals surface area contributed by atoms with Crippen LogP contribution in [0.4, 0.5) is 14.6 Å². The zero-order chi connectivity index (χ0) is 26.7. The Labute approximate surface area is 224 Å². The van der Waals surface area contributed by atoms with Crippen molar-refractivity contribution in [1.29, 1.82) is 0 Å². The van der Waals surface area contributed by atoms with Crippen LogP contribution in [-0.2, 0) is 0 Å². The molecule has 202 valence electrons. The first-order valence-corrected chi connectivity index (χ1v) is 13.5. The number of piperazine rings is 1. The molecule has 8 nitrogen and oxygen atoms in total. The highest BCUT2D eigenvalue weighted by atomic mass is 19.1. The molecule has 3 aliphatic heterocycles. The van der Waals surface area contributed by atoms with Crippen LogP contribution in [0.2, 0.25) is 0 Å². The standard InChI is InChI=1S/C29H30F2N6O2/c1-36-12-17(30)9-20(36)15-39-29-34-27-24(28(35-29)37-13-18-6-7-19(14-37)33-18)11-32-26(25(27)31)23-10-21(38)8-16-4-2-3-5-22(16)23/h2-5,8,10-11,17-20,33,38H,6-7,9,12-15H2,1H3/t17-,18?,19?,20-/m0/s1. The van der Waals surface area contributed by atoms with Crippen molar-refractivity contribution >= 4 is 27.5 Å². The summed E-state index contributed by atoms with van der Waals surface area (Å²) in [6, 6.07) is 11.3. The predicted octanol–water partition coefficient (Wildman–Crippen LogP) is 4.05. The lowest BCUT2D eigenvalue weighted by Crippen LogP contribution is -2.51. The Balaban J connectivity index is 1.34. The number of halogens is 2. The second-order valence-corrected chi connectivity index (χ2v) is 11.0. The fourth-order valence-electron chi connectivity index (χ4n) is 6.35. The molecule has 2 unspecified atom stereocenters. The van der Waals surface area contributed by atoms with Gasteiger partial charge in [-0.05, 0) is 49.2 Å². The Kier molecular flexibility index (Phi) is 5.97. The van der Waals surface area contributed by atoms with Crippen LogP contribution in [-0.4, -0.2) is 82.5 Å². The fraction of sp³-hybridized carbons (Fsp3) is 0.414. The van der Waals surface area contributed by atoms with Gasteiger partial charge >= 0.3 is 6.01 Å². The number of hydrogen-bond acceptors (Lipinski definition) is 8. The Hall–Kier alpha value is -3.63. The maximum Gasteiger partial charge on any atom is 0.319 e. The molecule has 0 spiro atoms. The number of nitrogens with zero attached hydrogens (tertiary/aromatic N) is 5. The van der Waals surface area contributed by atoms with E-state index >= 15 is 4.39 Å². The van der Waals surface area contributed by atoms with Gasteiger partial charge in [0.1, 0.15) is 35.6 Å². The molecule has 10 heteroatoms. The molecule has 39 heavy (non-hydrogen) atoms. The first kappa shape index (κ1) is 24.4. The lowest BCUT2D eigenvalue weighted by molar-refractivity contribution is 0.188. The fourth-order valence-corrected chi connectivity index (χ4v) is 6.35. The van der Waals surface area contributed by atoms with Gasteiger partial charge in [0.25, 0.3) is 0 Å². The number of nitrogens with one attached hydrogen (secondary N) is 1. The van der Waals surface area contributed by atoms with Gasteiger partial charge in [-0.25, -0.2) is 8.78 Å². The summed E-state index contributed by atoms with van der Waals surface area (Å²) >= 11 is 0. The predicted molar refractivity (Wildman–Crippen MR) is 145 cm³/mol. The van der Waals surface area contributed by atoms with E-state index in [0.717, 1.165) is 36.7 Å². The number of benzene rings is 2. The summed E-state index contributed by atoms with van der Waals surface area (Å²) in [4.78, 5) is 17.9. The van der Waals surface area contributed by atoms with E-state index in [1.54, 1.807) is 12.3 Å². The number of alkyl halides is 1. The third-order valence-electron chi connectivity index (χ3n) is 8.30. The van der Waals surface area contributed by atoms with E-state index in [1.807, 2.05) is 36.2 Å². The van der Waals surface area contributed by atoms with Gasteiger partial charge in [-0.15, -0.1) is 0 Å². The number of phenolic OH excluding ortho intramolecular Hbond substituents is 1. The second-order valence-electron chi connectivity index (χ2n) is 11.0. The molecule has 0 radical (unpaired) electrons. The maximum absolute atomic E-state index is 16.4. The van der Waals surface area contributed by atoms with Crippen LogP contribution in [0.1, 0.15) is 19.3 Å². The zero-order valence-corrected chi connectivity index (χ0v) is 21.6. The number of aromatic nitrogens is 3. The van der Waals surface area contributed by atoms with Crippen LogP contribution in [0.5, 0.6) is 11.8 Å². The van der Waals surface area contributed by atoms with E-state index in [1.165, 1.54) is 6.07 Å². The van der Waals surface area contributed by atoms with Crippen LogP contribution in [0.25, 0.3) is 32.9 Å². The minimum Gasteiger partial charge on any atom is -0.508 e. The molecule has 0 amide bonds. The number of likely N-dealkylation sites (N-methyl/N-ethyl adjacent to an activating group) is 1. The molecule has 0 saturated carbocycles. The van der Waals surface area contributed by atoms with Crippen molar-refractivity contribution in [3.05, 3.63) is 48.4 Å². The monoisotopic (exact) mass is 532 g/mol. The first-order valence-electron chi connectivity index (χ1n) is 13.5. The number of rotatable bonds is 5. The van der Waals surface area contributed by atoms with E-state index in [-0.39, 0.29) is 35.6 Å². The molecule has 5 heterocycles. The van der Waals surface area contributed by atoms with Crippen LogP contribution in [0.3, 0.4) is 0 Å². The third-order valence-corrected chi connectivity index (χ3v) is 8.30. The summed E-state index contributed by atoms with van der Waals surface area (Å²) in [5.41, 5.74) is 0.692. The molecule has 4 atom stereocenters. The number of hydrogen-bond donors (Lipinski definition) is 2. The molecule has 4 aromatic rings. The van der Waals surface area contributed by atoms with Gasteiger partial charge in [0.2, 0.25) is 0 Å². The molecular weight excluding hydrogens is 502 g/mol. The molecule has 2 N–H and O–H groups in total. The molecule has 2 aromatic heterocycles. The molecule has 2 aromatic carbocycles. The summed E-state index contributed by atoms with van der Waals surface area (Å²) in [5.74, 6) is 0.0208. The Bertz CT molecular complexity index is 1560. The average Bonchev–Trinajstić information content (AvgIpc) is 3.44. The quantitative estimate of drug-likeness (QED) is 0.398. The topological polar surface area (TPSA) is 86.6 Å². The lowest BCUT2D eigenvalue weighted by Gasteiger charge is -2.34. The average molecular weight is 533 g/mol. The van der Waals surface area contributed by atoms with Gasteiger partial charge < -0.3 is 20.1 Å². The number of aromatic hydroxyl groups is 1. The molecule has 3 saturated heterocycles. The van der Waals surface area contributed by atoms with Crippen molar-refractivity contribution in [1.82, 2.24) is 25.2 Å². The second kappa shape index (κ2) is 9.53. The number of ether oxygens (including phenoxy) is 1. The Morgan fingerprint density at radius 3 is 2.64 bits per heavy atom. The number of pyridine rings is 1. The van der Waals surface area contributed by atoms with Crippen molar-refractivity contribution in [2.75, 3.05) is 38.2 Å². The minimum atomic E-state index is -0.892. The third kappa shape index (κ3) is 4.41. The van der Waals surface area contributed by atoms with Crippen molar-refractivity contribution in [2.24, 2.45) is 0 Å². The van der Waals surface area contributed by atoms with E-state index in [2.05, 4.69) is 20.2 Å². The zero-order valence-electron chi connectivity index (χ0n) is 21.6. The molecule has 7 rings (SSSR count). The van der Waals surface area contributed by atoms with Crippen molar-refractivity contribution in [3.8, 4) is 23.0 Å². The van der Waals surface area contributed by atoms with Gasteiger partial charge in [0.05, 0.1) is 5.39 Å². The van der Waals surface area contributed by atoms with Gasteiger partial charge in [0.15, 0.2) is 5.82 Å². The van der Waals surface area contributed by atoms with E-state index in [0.29, 0.717) is 41.8 Å². The van der Waals surface area contributed by atoms with Gasteiger partial charge in [-0.2, -0.15) is 9.97 Å². The maximum atomic E-state index is 16.4. The molecule has 0 aliphatic carbocycles. The largest absolute Gasteiger partial charge is 0.508 e. The van der Waals surface area contributed by atoms with Crippen molar-refractivity contribution in [2.45, 2.75) is 43.6 Å². The highest BCUT2D eigenvalue weighted by Crippen LogP contribution is 2.37. The number of phenols is 1.